The fraction of sp³-hybridized carbons (Fsp3) is 0.0508. The number of nitrogens with zero attached hydrogens (tertiary/aromatic N) is 3. The van der Waals surface area contributed by atoms with Crippen LogP contribution in [0.3, 0.4) is 0 Å². The van der Waals surface area contributed by atoms with E-state index >= 15 is 0 Å². The summed E-state index contributed by atoms with van der Waals surface area (Å²) in [5, 5.41) is 3.80. The Kier molecular flexibility index (Phi) is 8.20. The van der Waals surface area contributed by atoms with Crippen molar-refractivity contribution in [1.82, 2.24) is 9.13 Å². The molecule has 0 unspecified atom stereocenters. The molecule has 0 bridgehead atoms. The molecular formula is C59H43N3. The van der Waals surface area contributed by atoms with E-state index in [1.54, 1.807) is 0 Å². The number of fused-ring (bicyclic) bond motifs is 6. The lowest BCUT2D eigenvalue weighted by molar-refractivity contribution is 0.632. The van der Waals surface area contributed by atoms with Crippen LogP contribution in [-0.4, -0.2) is 9.13 Å². The van der Waals surface area contributed by atoms with Gasteiger partial charge in [-0.2, -0.15) is 0 Å². The van der Waals surface area contributed by atoms with Crippen LogP contribution < -0.4 is 4.90 Å². The summed E-state index contributed by atoms with van der Waals surface area (Å²) in [4.78, 5) is 2.35. The lowest BCUT2D eigenvalue weighted by Crippen LogP contribution is -2.27. The lowest BCUT2D eigenvalue weighted by atomic mass is 9.74. The van der Waals surface area contributed by atoms with E-state index in [-0.39, 0.29) is 5.41 Å². The highest BCUT2D eigenvalue weighted by Gasteiger charge is 2.37. The Hall–Kier alpha value is -7.88. The first kappa shape index (κ1) is 36.0. The third-order valence-corrected chi connectivity index (χ3v) is 13.1. The molecule has 0 fully saturated rings. The van der Waals surface area contributed by atoms with Gasteiger partial charge in [0.1, 0.15) is 0 Å². The van der Waals surface area contributed by atoms with Crippen molar-refractivity contribution < 1.29 is 0 Å². The molecule has 0 N–H and O–H groups in total. The molecule has 0 spiro atoms. The molecule has 2 aromatic heterocycles. The van der Waals surface area contributed by atoms with Gasteiger partial charge in [-0.25, -0.2) is 0 Å². The van der Waals surface area contributed by atoms with Crippen LogP contribution in [0.15, 0.2) is 225 Å². The Bertz CT molecular complexity index is 3350. The van der Waals surface area contributed by atoms with Crippen molar-refractivity contribution in [3.63, 3.8) is 0 Å². The summed E-state index contributed by atoms with van der Waals surface area (Å²) in [6.45, 7) is 4.80. The molecule has 1 aliphatic rings. The number of rotatable bonds is 7. The largest absolute Gasteiger partial charge is 0.316 e. The summed E-state index contributed by atoms with van der Waals surface area (Å²) in [6.07, 6.45) is 2.25. The van der Waals surface area contributed by atoms with Crippen LogP contribution in [0.25, 0.3) is 77.5 Å². The maximum Gasteiger partial charge on any atom is 0.0603 e. The standard InChI is InChI=1S/C59H43N3/c1-59(2)53-20-12-13-21-55(53)60-37-36-46-39-52-51-38-45(28-35-54(51)62(47-18-10-5-11-19-47)58(52)56(59)57(46)60)44-26-33-50(34-27-44)61(48-29-22-42(23-30-48)40-14-6-3-7-15-40)49-31-24-43(25-32-49)41-16-8-4-9-17-41/h3-39H,1-2H3. The molecule has 0 amide bonds. The van der Waals surface area contributed by atoms with E-state index in [0.29, 0.717) is 0 Å². The van der Waals surface area contributed by atoms with Crippen molar-refractivity contribution in [1.29, 1.82) is 0 Å². The Balaban J connectivity index is 0.989. The maximum absolute atomic E-state index is 2.50. The molecule has 1 aliphatic heterocycles. The van der Waals surface area contributed by atoms with Gasteiger partial charge < -0.3 is 14.0 Å². The summed E-state index contributed by atoms with van der Waals surface area (Å²) >= 11 is 0. The second kappa shape index (κ2) is 14.1. The monoisotopic (exact) mass is 793 g/mol. The zero-order valence-corrected chi connectivity index (χ0v) is 34.7. The smallest absolute Gasteiger partial charge is 0.0603 e. The van der Waals surface area contributed by atoms with E-state index in [0.717, 1.165) is 17.1 Å². The molecule has 3 heteroatoms. The van der Waals surface area contributed by atoms with Crippen LogP contribution >= 0.6 is 0 Å². The summed E-state index contributed by atoms with van der Waals surface area (Å²) in [6, 6.07) is 79.6. The van der Waals surface area contributed by atoms with Gasteiger partial charge in [-0.05, 0) is 118 Å². The molecule has 11 aromatic rings. The van der Waals surface area contributed by atoms with E-state index in [1.807, 2.05) is 0 Å². The minimum atomic E-state index is -0.224. The van der Waals surface area contributed by atoms with Crippen molar-refractivity contribution in [3.05, 3.63) is 236 Å². The van der Waals surface area contributed by atoms with Gasteiger partial charge in [-0.3, -0.25) is 0 Å². The molecule has 12 rings (SSSR count). The van der Waals surface area contributed by atoms with E-state index < -0.39 is 0 Å². The minimum Gasteiger partial charge on any atom is -0.316 e. The van der Waals surface area contributed by atoms with Gasteiger partial charge in [0.05, 0.1) is 16.6 Å². The summed E-state index contributed by atoms with van der Waals surface area (Å²) in [5.41, 5.74) is 19.2. The number of aromatic nitrogens is 2. The number of benzene rings is 9. The normalized spacial score (nSPS) is 12.8. The average Bonchev–Trinajstić information content (AvgIpc) is 3.91. The predicted octanol–water partition coefficient (Wildman–Crippen LogP) is 15.8. The third-order valence-electron chi connectivity index (χ3n) is 13.1. The lowest BCUT2D eigenvalue weighted by Gasteiger charge is -2.35. The van der Waals surface area contributed by atoms with Crippen molar-refractivity contribution in [2.45, 2.75) is 19.3 Å². The molecule has 3 heterocycles. The van der Waals surface area contributed by atoms with Crippen LogP contribution in [0.5, 0.6) is 0 Å². The van der Waals surface area contributed by atoms with Crippen LogP contribution in [0.1, 0.15) is 25.0 Å². The Labute approximate surface area is 362 Å². The van der Waals surface area contributed by atoms with Crippen molar-refractivity contribution in [2.75, 3.05) is 4.90 Å². The summed E-state index contributed by atoms with van der Waals surface area (Å²) in [5.74, 6) is 0. The molecule has 0 radical (unpaired) electrons. The highest BCUT2D eigenvalue weighted by Crippen LogP contribution is 2.50. The SMILES string of the molecule is CC1(C)c2ccccc2-n2ccc3cc4c5cc(-c6ccc(N(c7ccc(-c8ccccc8)cc7)c7ccc(-c8ccccc8)cc7)cc6)ccc5n(-c5ccccc5)c4c1c32. The second-order valence-corrected chi connectivity index (χ2v) is 17.0. The molecule has 0 atom stereocenters. The predicted molar refractivity (Wildman–Crippen MR) is 261 cm³/mol. The fourth-order valence-corrected chi connectivity index (χ4v) is 10.1. The van der Waals surface area contributed by atoms with Crippen molar-refractivity contribution in [2.24, 2.45) is 0 Å². The van der Waals surface area contributed by atoms with Gasteiger partial charge in [0.2, 0.25) is 0 Å². The number of anilines is 3. The fourth-order valence-electron chi connectivity index (χ4n) is 10.1. The maximum atomic E-state index is 2.50. The van der Waals surface area contributed by atoms with Crippen molar-refractivity contribution in [3.8, 4) is 44.8 Å². The zero-order valence-electron chi connectivity index (χ0n) is 34.7. The van der Waals surface area contributed by atoms with E-state index in [9.17, 15) is 0 Å². The first-order valence-corrected chi connectivity index (χ1v) is 21.5. The highest BCUT2D eigenvalue weighted by atomic mass is 15.1. The molecule has 294 valence electrons. The molecule has 62 heavy (non-hydrogen) atoms. The Morgan fingerprint density at radius 1 is 0.403 bits per heavy atom. The van der Waals surface area contributed by atoms with Gasteiger partial charge in [-0.1, -0.05) is 153 Å². The molecule has 0 saturated heterocycles. The van der Waals surface area contributed by atoms with Gasteiger partial charge >= 0.3 is 0 Å². The van der Waals surface area contributed by atoms with Gasteiger partial charge in [0.15, 0.2) is 0 Å². The number of para-hydroxylation sites is 2. The Morgan fingerprint density at radius 3 is 1.47 bits per heavy atom. The first-order valence-electron chi connectivity index (χ1n) is 21.5. The number of hydrogen-bond donors (Lipinski definition) is 0. The van der Waals surface area contributed by atoms with Crippen LogP contribution in [-0.2, 0) is 5.41 Å². The van der Waals surface area contributed by atoms with Gasteiger partial charge in [0, 0.05) is 61.8 Å². The second-order valence-electron chi connectivity index (χ2n) is 17.0. The first-order chi connectivity index (χ1) is 30.5. The minimum absolute atomic E-state index is 0.224. The van der Waals surface area contributed by atoms with Gasteiger partial charge in [-0.15, -0.1) is 0 Å². The molecule has 3 nitrogen and oxygen atoms in total. The van der Waals surface area contributed by atoms with E-state index in [4.69, 9.17) is 0 Å². The molecule has 9 aromatic carbocycles. The average molecular weight is 794 g/mol. The topological polar surface area (TPSA) is 13.1 Å². The summed E-state index contributed by atoms with van der Waals surface area (Å²) < 4.78 is 4.91. The van der Waals surface area contributed by atoms with E-state index in [2.05, 4.69) is 252 Å². The van der Waals surface area contributed by atoms with Gasteiger partial charge in [0.25, 0.3) is 0 Å². The third kappa shape index (κ3) is 5.66. The Morgan fingerprint density at radius 2 is 0.887 bits per heavy atom. The van der Waals surface area contributed by atoms with Crippen LogP contribution in [0.4, 0.5) is 17.1 Å². The van der Waals surface area contributed by atoms with Crippen molar-refractivity contribution >= 4 is 49.8 Å². The van der Waals surface area contributed by atoms with Crippen LogP contribution in [0.2, 0.25) is 0 Å². The molecule has 0 saturated carbocycles. The molecular weight excluding hydrogens is 751 g/mol. The molecule has 0 aliphatic carbocycles. The van der Waals surface area contributed by atoms with E-state index in [1.165, 1.54) is 88.6 Å². The quantitative estimate of drug-likeness (QED) is 0.157. The summed E-state index contributed by atoms with van der Waals surface area (Å²) in [7, 11) is 0. The van der Waals surface area contributed by atoms with Crippen LogP contribution in [0, 0.1) is 0 Å². The highest BCUT2D eigenvalue weighted by molar-refractivity contribution is 6.17. The zero-order chi connectivity index (χ0) is 41.4. The number of hydrogen-bond acceptors (Lipinski definition) is 1.